The molecule has 0 radical (unpaired) electrons. The molecule has 4 rings (SSSR count). The van der Waals surface area contributed by atoms with E-state index in [1.165, 1.54) is 13.3 Å². The monoisotopic (exact) mass is 575 g/mol. The van der Waals surface area contributed by atoms with Crippen LogP contribution in [0.3, 0.4) is 0 Å². The number of nitrogens with zero attached hydrogens (tertiary/aromatic N) is 2. The molecule has 2 unspecified atom stereocenters. The SMILES string of the molecule is COC(=O)C(NC(=O)c1cnc(C2=CCOCC2)nc1NCC(C(=N)c1ccc(Cl)cc1)c1ccccc1)C(C)C. The molecule has 1 amide bonds. The Hall–Kier alpha value is -4.08. The zero-order valence-electron chi connectivity index (χ0n) is 23.3. The Labute approximate surface area is 244 Å². The summed E-state index contributed by atoms with van der Waals surface area (Å²) in [6, 6.07) is 16.0. The van der Waals surface area contributed by atoms with Crippen molar-refractivity contribution in [2.75, 3.05) is 32.2 Å². The van der Waals surface area contributed by atoms with Crippen LogP contribution in [-0.2, 0) is 14.3 Å². The first-order valence-corrected chi connectivity index (χ1v) is 13.8. The molecule has 0 spiro atoms. The van der Waals surface area contributed by atoms with Crippen molar-refractivity contribution in [3.63, 3.8) is 0 Å². The van der Waals surface area contributed by atoms with E-state index >= 15 is 0 Å². The molecule has 0 bridgehead atoms. The minimum absolute atomic E-state index is 0.181. The molecule has 2 atom stereocenters. The van der Waals surface area contributed by atoms with Crippen LogP contribution in [0.4, 0.5) is 5.82 Å². The van der Waals surface area contributed by atoms with Gasteiger partial charge in [0, 0.05) is 29.4 Å². The molecule has 9 nitrogen and oxygen atoms in total. The lowest BCUT2D eigenvalue weighted by Crippen LogP contribution is -2.45. The maximum atomic E-state index is 13.5. The standard InChI is InChI=1S/C31H34ClN5O4/c1-19(2)27(31(39)40-3)36-30(38)25-18-34-28(22-13-15-41-16-14-22)37-29(25)35-17-24(20-7-5-4-6-8-20)26(33)21-9-11-23(32)12-10-21/h4-13,18-19,24,27,33H,14-17H2,1-3H3,(H,36,38)(H,34,35,37). The summed E-state index contributed by atoms with van der Waals surface area (Å²) in [6.45, 7) is 4.95. The molecule has 41 heavy (non-hydrogen) atoms. The third kappa shape index (κ3) is 7.56. The lowest BCUT2D eigenvalue weighted by molar-refractivity contribution is -0.144. The number of halogens is 1. The molecule has 1 aliphatic heterocycles. The summed E-state index contributed by atoms with van der Waals surface area (Å²) in [5, 5.41) is 15.7. The number of carbonyl (C=O) groups is 2. The van der Waals surface area contributed by atoms with Crippen LogP contribution in [0.25, 0.3) is 5.57 Å². The second-order valence-electron chi connectivity index (χ2n) is 9.99. The summed E-state index contributed by atoms with van der Waals surface area (Å²) in [5.74, 6) is -0.812. The number of ether oxygens (including phenoxy) is 2. The number of benzene rings is 2. The van der Waals surface area contributed by atoms with Crippen LogP contribution in [-0.4, -0.2) is 60.5 Å². The lowest BCUT2D eigenvalue weighted by atomic mass is 9.90. The normalized spacial score (nSPS) is 14.5. The zero-order chi connectivity index (χ0) is 29.4. The number of nitrogens with one attached hydrogen (secondary N) is 3. The smallest absolute Gasteiger partial charge is 0.328 e. The van der Waals surface area contributed by atoms with Crippen LogP contribution in [0.1, 0.15) is 53.5 Å². The van der Waals surface area contributed by atoms with Gasteiger partial charge < -0.3 is 25.5 Å². The average molecular weight is 576 g/mol. The van der Waals surface area contributed by atoms with Crippen molar-refractivity contribution in [3.05, 3.63) is 94.4 Å². The highest BCUT2D eigenvalue weighted by Crippen LogP contribution is 2.25. The van der Waals surface area contributed by atoms with Gasteiger partial charge in [-0.05, 0) is 41.2 Å². The third-order valence-corrected chi connectivity index (χ3v) is 7.12. The summed E-state index contributed by atoms with van der Waals surface area (Å²) in [4.78, 5) is 35.0. The molecule has 1 aromatic heterocycles. The molecule has 10 heteroatoms. The van der Waals surface area contributed by atoms with Gasteiger partial charge in [0.1, 0.15) is 17.4 Å². The summed E-state index contributed by atoms with van der Waals surface area (Å²) < 4.78 is 10.3. The molecule has 214 valence electrons. The summed E-state index contributed by atoms with van der Waals surface area (Å²) in [5.41, 5.74) is 3.16. The van der Waals surface area contributed by atoms with Gasteiger partial charge >= 0.3 is 5.97 Å². The molecule has 2 heterocycles. The van der Waals surface area contributed by atoms with Crippen molar-refractivity contribution < 1.29 is 19.1 Å². The summed E-state index contributed by atoms with van der Waals surface area (Å²) >= 11 is 6.09. The van der Waals surface area contributed by atoms with Crippen molar-refractivity contribution in [2.24, 2.45) is 5.92 Å². The van der Waals surface area contributed by atoms with Gasteiger partial charge in [0.15, 0.2) is 5.82 Å². The molecule has 2 aromatic carbocycles. The molecule has 3 N–H and O–H groups in total. The molecule has 0 aliphatic carbocycles. The first kappa shape index (κ1) is 29.9. The van der Waals surface area contributed by atoms with Gasteiger partial charge in [0.2, 0.25) is 0 Å². The summed E-state index contributed by atoms with van der Waals surface area (Å²) in [6.07, 6.45) is 4.04. The van der Waals surface area contributed by atoms with Gasteiger partial charge in [-0.3, -0.25) is 4.79 Å². The average Bonchev–Trinajstić information content (AvgIpc) is 3.00. The quantitative estimate of drug-likeness (QED) is 0.214. The van der Waals surface area contributed by atoms with Crippen molar-refractivity contribution in [1.29, 1.82) is 5.41 Å². The van der Waals surface area contributed by atoms with Crippen LogP contribution in [0, 0.1) is 11.3 Å². The Bertz CT molecular complexity index is 1410. The Kier molecular flexibility index (Phi) is 10.2. The van der Waals surface area contributed by atoms with E-state index in [1.807, 2.05) is 62.4 Å². The van der Waals surface area contributed by atoms with E-state index in [0.29, 0.717) is 42.0 Å². The van der Waals surface area contributed by atoms with Crippen molar-refractivity contribution >= 4 is 40.6 Å². The molecule has 3 aromatic rings. The fourth-order valence-electron chi connectivity index (χ4n) is 4.51. The van der Waals surface area contributed by atoms with Crippen LogP contribution in [0.15, 0.2) is 66.9 Å². The first-order valence-electron chi connectivity index (χ1n) is 13.4. The molecule has 0 saturated heterocycles. The van der Waals surface area contributed by atoms with Gasteiger partial charge in [-0.2, -0.15) is 0 Å². The molecule has 1 aliphatic rings. The van der Waals surface area contributed by atoms with E-state index in [2.05, 4.69) is 15.6 Å². The van der Waals surface area contributed by atoms with Gasteiger partial charge in [0.05, 0.1) is 20.3 Å². The van der Waals surface area contributed by atoms with E-state index in [-0.39, 0.29) is 23.9 Å². The number of hydrogen-bond acceptors (Lipinski definition) is 8. The number of anilines is 1. The van der Waals surface area contributed by atoms with E-state index in [9.17, 15) is 9.59 Å². The highest BCUT2D eigenvalue weighted by Gasteiger charge is 2.28. The fourth-order valence-corrected chi connectivity index (χ4v) is 4.64. The largest absolute Gasteiger partial charge is 0.467 e. The van der Waals surface area contributed by atoms with Crippen LogP contribution >= 0.6 is 11.6 Å². The van der Waals surface area contributed by atoms with Crippen molar-refractivity contribution in [1.82, 2.24) is 15.3 Å². The van der Waals surface area contributed by atoms with Crippen LogP contribution < -0.4 is 10.6 Å². The number of methoxy groups -OCH3 is 1. The third-order valence-electron chi connectivity index (χ3n) is 6.87. The number of carbonyl (C=O) groups excluding carboxylic acids is 2. The number of esters is 1. The first-order chi connectivity index (χ1) is 19.8. The van der Waals surface area contributed by atoms with Crippen LogP contribution in [0.5, 0.6) is 0 Å². The van der Waals surface area contributed by atoms with Gasteiger partial charge in [-0.25, -0.2) is 14.8 Å². The Balaban J connectivity index is 1.68. The number of amides is 1. The fraction of sp³-hybridized carbons (Fsp3) is 0.323. The minimum atomic E-state index is -0.839. The van der Waals surface area contributed by atoms with Crippen molar-refractivity contribution in [2.45, 2.75) is 32.2 Å². The second-order valence-corrected chi connectivity index (χ2v) is 10.4. The Morgan fingerprint density at radius 2 is 1.85 bits per heavy atom. The minimum Gasteiger partial charge on any atom is -0.467 e. The second kappa shape index (κ2) is 14.0. The lowest BCUT2D eigenvalue weighted by Gasteiger charge is -2.23. The number of hydrogen-bond donors (Lipinski definition) is 3. The van der Waals surface area contributed by atoms with E-state index in [4.69, 9.17) is 31.5 Å². The van der Waals surface area contributed by atoms with E-state index in [0.717, 1.165) is 16.7 Å². The highest BCUT2D eigenvalue weighted by molar-refractivity contribution is 6.30. The number of rotatable bonds is 11. The maximum Gasteiger partial charge on any atom is 0.328 e. The Morgan fingerprint density at radius 3 is 2.49 bits per heavy atom. The van der Waals surface area contributed by atoms with Gasteiger partial charge in [-0.15, -0.1) is 0 Å². The predicted octanol–water partition coefficient (Wildman–Crippen LogP) is 5.12. The molecular formula is C31H34ClN5O4. The van der Waals surface area contributed by atoms with Crippen molar-refractivity contribution in [3.8, 4) is 0 Å². The molecule has 0 saturated carbocycles. The van der Waals surface area contributed by atoms with Crippen LogP contribution in [0.2, 0.25) is 5.02 Å². The zero-order valence-corrected chi connectivity index (χ0v) is 24.1. The topological polar surface area (TPSA) is 126 Å². The molecular weight excluding hydrogens is 542 g/mol. The maximum absolute atomic E-state index is 13.5. The van der Waals surface area contributed by atoms with Gasteiger partial charge in [-0.1, -0.05) is 74.0 Å². The predicted molar refractivity (Wildman–Crippen MR) is 160 cm³/mol. The Morgan fingerprint density at radius 1 is 1.12 bits per heavy atom. The molecule has 0 fully saturated rings. The van der Waals surface area contributed by atoms with Gasteiger partial charge in [0.25, 0.3) is 5.91 Å². The summed E-state index contributed by atoms with van der Waals surface area (Å²) in [7, 11) is 1.29. The number of aromatic nitrogens is 2. The van der Waals surface area contributed by atoms with E-state index in [1.54, 1.807) is 12.1 Å². The van der Waals surface area contributed by atoms with E-state index < -0.39 is 17.9 Å². The highest BCUT2D eigenvalue weighted by atomic mass is 35.5.